The maximum atomic E-state index is 12.0. The Morgan fingerprint density at radius 2 is 1.70 bits per heavy atom. The molecule has 1 saturated heterocycles. The molecule has 0 N–H and O–H groups in total. The molecule has 0 bridgehead atoms. The smallest absolute Gasteiger partial charge is 0.350 e. The van der Waals surface area contributed by atoms with Crippen molar-refractivity contribution in [1.29, 1.82) is 0 Å². The first kappa shape index (κ1) is 17.4. The van der Waals surface area contributed by atoms with Crippen molar-refractivity contribution in [2.24, 2.45) is 0 Å². The Balaban J connectivity index is 1.84. The van der Waals surface area contributed by atoms with E-state index in [4.69, 9.17) is 18.9 Å². The zero-order valence-electron chi connectivity index (χ0n) is 13.4. The molecule has 0 aliphatic carbocycles. The molecule has 0 saturated carbocycles. The minimum atomic E-state index is -1.63. The third-order valence-corrected chi connectivity index (χ3v) is 3.51. The van der Waals surface area contributed by atoms with Crippen LogP contribution in [0.25, 0.3) is 0 Å². The van der Waals surface area contributed by atoms with Crippen molar-refractivity contribution in [2.75, 3.05) is 19.8 Å². The van der Waals surface area contributed by atoms with Crippen molar-refractivity contribution in [3.63, 3.8) is 0 Å². The second-order valence-electron chi connectivity index (χ2n) is 5.21. The molecule has 0 radical (unpaired) electrons. The lowest BCUT2D eigenvalue weighted by Gasteiger charge is -2.42. The SMILES string of the molecule is CCOC(=O)C1(C(=O)OCC)C[C@H](COCc2ccccc2)O1. The van der Waals surface area contributed by atoms with Crippen LogP contribution in [0.15, 0.2) is 30.3 Å². The molecule has 6 nitrogen and oxygen atoms in total. The van der Waals surface area contributed by atoms with Gasteiger partial charge in [0.25, 0.3) is 5.60 Å². The molecule has 0 amide bonds. The highest BCUT2D eigenvalue weighted by Crippen LogP contribution is 2.35. The van der Waals surface area contributed by atoms with Gasteiger partial charge < -0.3 is 18.9 Å². The van der Waals surface area contributed by atoms with Crippen LogP contribution in [-0.2, 0) is 35.1 Å². The molecule has 23 heavy (non-hydrogen) atoms. The predicted molar refractivity (Wildman–Crippen MR) is 81.6 cm³/mol. The number of hydrogen-bond acceptors (Lipinski definition) is 6. The van der Waals surface area contributed by atoms with Crippen LogP contribution >= 0.6 is 0 Å². The minimum absolute atomic E-state index is 0.179. The van der Waals surface area contributed by atoms with Crippen LogP contribution < -0.4 is 0 Å². The summed E-state index contributed by atoms with van der Waals surface area (Å²) in [5, 5.41) is 0. The fourth-order valence-electron chi connectivity index (χ4n) is 2.41. The van der Waals surface area contributed by atoms with E-state index in [2.05, 4.69) is 0 Å². The molecule has 0 aromatic heterocycles. The van der Waals surface area contributed by atoms with Gasteiger partial charge in [-0.25, -0.2) is 9.59 Å². The highest BCUT2D eigenvalue weighted by atomic mass is 16.6. The highest BCUT2D eigenvalue weighted by molar-refractivity contribution is 6.04. The first-order valence-corrected chi connectivity index (χ1v) is 7.76. The lowest BCUT2D eigenvalue weighted by molar-refractivity contribution is -0.244. The van der Waals surface area contributed by atoms with Crippen molar-refractivity contribution >= 4 is 11.9 Å². The largest absolute Gasteiger partial charge is 0.463 e. The number of esters is 2. The van der Waals surface area contributed by atoms with E-state index in [-0.39, 0.29) is 25.7 Å². The van der Waals surface area contributed by atoms with Crippen LogP contribution in [0.3, 0.4) is 0 Å². The maximum absolute atomic E-state index is 12.0. The summed E-state index contributed by atoms with van der Waals surface area (Å²) in [4.78, 5) is 24.0. The van der Waals surface area contributed by atoms with E-state index in [0.29, 0.717) is 13.2 Å². The molecule has 1 atom stereocenters. The van der Waals surface area contributed by atoms with Crippen molar-refractivity contribution in [3.8, 4) is 0 Å². The molecular weight excluding hydrogens is 300 g/mol. The standard InChI is InChI=1S/C17H22O6/c1-3-21-15(18)17(16(19)22-4-2)10-14(23-17)12-20-11-13-8-6-5-7-9-13/h5-9,14H,3-4,10-12H2,1-2H3/t14-/m1/s1. The van der Waals surface area contributed by atoms with E-state index in [9.17, 15) is 9.59 Å². The first-order chi connectivity index (χ1) is 11.1. The van der Waals surface area contributed by atoms with Crippen molar-refractivity contribution in [2.45, 2.75) is 38.6 Å². The van der Waals surface area contributed by atoms with E-state index < -0.39 is 17.5 Å². The molecule has 1 heterocycles. The summed E-state index contributed by atoms with van der Waals surface area (Å²) in [6.45, 7) is 4.46. The predicted octanol–water partition coefficient (Wildman–Crippen LogP) is 1.86. The van der Waals surface area contributed by atoms with Gasteiger partial charge in [-0.3, -0.25) is 0 Å². The van der Waals surface area contributed by atoms with Crippen LogP contribution in [0.1, 0.15) is 25.8 Å². The lowest BCUT2D eigenvalue weighted by Crippen LogP contribution is -2.63. The Hall–Kier alpha value is -1.92. The van der Waals surface area contributed by atoms with Gasteiger partial charge in [0.15, 0.2) is 0 Å². The van der Waals surface area contributed by atoms with Crippen LogP contribution in [0.4, 0.5) is 0 Å². The number of rotatable bonds is 8. The van der Waals surface area contributed by atoms with Crippen molar-refractivity contribution in [3.05, 3.63) is 35.9 Å². The molecule has 1 aromatic rings. The number of hydrogen-bond donors (Lipinski definition) is 0. The van der Waals surface area contributed by atoms with Gasteiger partial charge in [-0.2, -0.15) is 0 Å². The molecule has 0 unspecified atom stereocenters. The van der Waals surface area contributed by atoms with Gasteiger partial charge in [-0.1, -0.05) is 30.3 Å². The third-order valence-electron chi connectivity index (χ3n) is 3.51. The van der Waals surface area contributed by atoms with Gasteiger partial charge >= 0.3 is 11.9 Å². The van der Waals surface area contributed by atoms with Crippen LogP contribution in [-0.4, -0.2) is 43.5 Å². The van der Waals surface area contributed by atoms with Crippen LogP contribution in [0.2, 0.25) is 0 Å². The molecule has 1 aliphatic heterocycles. The molecule has 1 aliphatic rings. The molecule has 0 spiro atoms. The molecule has 126 valence electrons. The summed E-state index contributed by atoms with van der Waals surface area (Å²) in [5.74, 6) is -1.39. The third kappa shape index (κ3) is 4.09. The van der Waals surface area contributed by atoms with Gasteiger partial charge in [0, 0.05) is 6.42 Å². The van der Waals surface area contributed by atoms with Crippen LogP contribution in [0, 0.1) is 0 Å². The molecule has 1 aromatic carbocycles. The number of benzene rings is 1. The van der Waals surface area contributed by atoms with Gasteiger partial charge in [0.2, 0.25) is 0 Å². The highest BCUT2D eigenvalue weighted by Gasteiger charge is 2.60. The Morgan fingerprint density at radius 1 is 1.13 bits per heavy atom. The summed E-state index contributed by atoms with van der Waals surface area (Å²) in [6, 6.07) is 9.73. The molecular formula is C17H22O6. The Kier molecular flexibility index (Phi) is 6.12. The van der Waals surface area contributed by atoms with Crippen molar-refractivity contribution in [1.82, 2.24) is 0 Å². The normalized spacial score (nSPS) is 18.8. The topological polar surface area (TPSA) is 71.1 Å². The Labute approximate surface area is 135 Å². The average Bonchev–Trinajstić information content (AvgIpc) is 2.51. The van der Waals surface area contributed by atoms with E-state index >= 15 is 0 Å². The summed E-state index contributed by atoms with van der Waals surface area (Å²) in [5.41, 5.74) is -0.582. The summed E-state index contributed by atoms with van der Waals surface area (Å²) >= 11 is 0. The summed E-state index contributed by atoms with van der Waals surface area (Å²) in [6.07, 6.45) is -0.119. The Bertz CT molecular complexity index is 501. The second kappa shape index (κ2) is 8.08. The van der Waals surface area contributed by atoms with E-state index in [1.807, 2.05) is 30.3 Å². The first-order valence-electron chi connectivity index (χ1n) is 7.76. The molecule has 2 rings (SSSR count). The quantitative estimate of drug-likeness (QED) is 0.537. The zero-order chi connectivity index (χ0) is 16.7. The molecule has 1 fully saturated rings. The number of carbonyl (C=O) groups excluding carboxylic acids is 2. The van der Waals surface area contributed by atoms with E-state index in [1.165, 1.54) is 0 Å². The lowest BCUT2D eigenvalue weighted by atomic mass is 9.89. The average molecular weight is 322 g/mol. The number of carbonyl (C=O) groups is 2. The van der Waals surface area contributed by atoms with Gasteiger partial charge in [-0.05, 0) is 19.4 Å². The summed E-state index contributed by atoms with van der Waals surface area (Å²) < 4.78 is 21.0. The van der Waals surface area contributed by atoms with E-state index in [1.54, 1.807) is 13.8 Å². The number of ether oxygens (including phenoxy) is 4. The fraction of sp³-hybridized carbons (Fsp3) is 0.529. The minimum Gasteiger partial charge on any atom is -0.463 e. The zero-order valence-corrected chi connectivity index (χ0v) is 13.4. The second-order valence-corrected chi connectivity index (χ2v) is 5.21. The van der Waals surface area contributed by atoms with Gasteiger partial charge in [0.05, 0.1) is 32.5 Å². The monoisotopic (exact) mass is 322 g/mol. The fourth-order valence-corrected chi connectivity index (χ4v) is 2.41. The van der Waals surface area contributed by atoms with E-state index in [0.717, 1.165) is 5.56 Å². The van der Waals surface area contributed by atoms with Gasteiger partial charge in [0.1, 0.15) is 0 Å². The van der Waals surface area contributed by atoms with Crippen LogP contribution in [0.5, 0.6) is 0 Å². The van der Waals surface area contributed by atoms with Gasteiger partial charge in [-0.15, -0.1) is 0 Å². The maximum Gasteiger partial charge on any atom is 0.350 e. The van der Waals surface area contributed by atoms with Crippen molar-refractivity contribution < 1.29 is 28.5 Å². The summed E-state index contributed by atoms with van der Waals surface area (Å²) in [7, 11) is 0. The molecule has 6 heteroatoms. The Morgan fingerprint density at radius 3 is 2.22 bits per heavy atom.